The third-order valence-corrected chi connectivity index (χ3v) is 2.05. The van der Waals surface area contributed by atoms with E-state index in [9.17, 15) is 4.79 Å². The van der Waals surface area contributed by atoms with E-state index in [4.69, 9.17) is 16.9 Å². The zero-order chi connectivity index (χ0) is 10.0. The molecule has 0 fully saturated rings. The van der Waals surface area contributed by atoms with Gasteiger partial charge in [0.1, 0.15) is 11.2 Å². The number of pyridine rings is 1. The fraction of sp³-hybridized carbons (Fsp3) is 0.125. The molecule has 1 heterocycles. The van der Waals surface area contributed by atoms with Crippen LogP contribution in [-0.4, -0.2) is 10.1 Å². The van der Waals surface area contributed by atoms with Crippen LogP contribution in [0, 0.1) is 18.3 Å². The zero-order valence-electron chi connectivity index (χ0n) is 6.71. The second kappa shape index (κ2) is 3.77. The van der Waals surface area contributed by atoms with Crippen LogP contribution in [0.5, 0.6) is 0 Å². The molecule has 0 aliphatic rings. The molecule has 5 heteroatoms. The Morgan fingerprint density at radius 2 is 2.38 bits per heavy atom. The maximum absolute atomic E-state index is 10.9. The molecule has 0 aliphatic heterocycles. The van der Waals surface area contributed by atoms with Crippen molar-refractivity contribution < 1.29 is 4.79 Å². The molecule has 3 nitrogen and oxygen atoms in total. The number of carbonyl (C=O) groups excluding carboxylic acids is 1. The number of aryl methyl sites for hydroxylation is 1. The highest BCUT2D eigenvalue weighted by Crippen LogP contribution is 2.17. The van der Waals surface area contributed by atoms with Crippen LogP contribution in [0.25, 0.3) is 0 Å². The van der Waals surface area contributed by atoms with E-state index in [0.29, 0.717) is 11.3 Å². The molecule has 0 saturated heterocycles. The summed E-state index contributed by atoms with van der Waals surface area (Å²) in [6.07, 6.45) is 0. The van der Waals surface area contributed by atoms with Crippen LogP contribution in [0.2, 0.25) is 5.15 Å². The van der Waals surface area contributed by atoms with Crippen molar-refractivity contribution in [2.75, 3.05) is 0 Å². The van der Waals surface area contributed by atoms with Gasteiger partial charge in [-0.05, 0) is 13.0 Å². The highest BCUT2D eigenvalue weighted by molar-refractivity contribution is 7.97. The van der Waals surface area contributed by atoms with Gasteiger partial charge in [-0.25, -0.2) is 4.98 Å². The van der Waals surface area contributed by atoms with Crippen molar-refractivity contribution in [3.8, 4) is 6.07 Å². The molecule has 0 unspecified atom stereocenters. The van der Waals surface area contributed by atoms with E-state index in [1.165, 1.54) is 6.07 Å². The van der Waals surface area contributed by atoms with Gasteiger partial charge in [-0.1, -0.05) is 11.6 Å². The fourth-order valence-corrected chi connectivity index (χ4v) is 1.32. The lowest BCUT2D eigenvalue weighted by Crippen LogP contribution is -1.98. The molecule has 0 bridgehead atoms. The number of carbonyl (C=O) groups is 1. The number of nitriles is 1. The molecule has 0 N–H and O–H groups in total. The Bertz CT molecular complexity index is 411. The zero-order valence-corrected chi connectivity index (χ0v) is 8.36. The summed E-state index contributed by atoms with van der Waals surface area (Å²) in [4.78, 5) is 14.8. The average molecular weight is 213 g/mol. The molecule has 0 aromatic carbocycles. The van der Waals surface area contributed by atoms with Crippen LogP contribution in [0.1, 0.15) is 21.6 Å². The first kappa shape index (κ1) is 10.0. The Balaban J connectivity index is 3.41. The van der Waals surface area contributed by atoms with Gasteiger partial charge in [0.2, 0.25) is 5.12 Å². The van der Waals surface area contributed by atoms with Crippen molar-refractivity contribution in [3.63, 3.8) is 0 Å². The van der Waals surface area contributed by atoms with Crippen molar-refractivity contribution in [2.45, 2.75) is 6.92 Å². The molecule has 0 spiro atoms. The first-order chi connectivity index (χ1) is 6.06. The number of hydrogen-bond donors (Lipinski definition) is 1. The maximum atomic E-state index is 10.9. The van der Waals surface area contributed by atoms with Crippen molar-refractivity contribution in [2.24, 2.45) is 0 Å². The maximum Gasteiger partial charge on any atom is 0.218 e. The number of halogens is 1. The number of thiol groups is 1. The van der Waals surface area contributed by atoms with Gasteiger partial charge in [0.05, 0.1) is 16.8 Å². The Morgan fingerprint density at radius 1 is 1.77 bits per heavy atom. The molecule has 0 aliphatic carbocycles. The van der Waals surface area contributed by atoms with Crippen LogP contribution >= 0.6 is 24.2 Å². The normalized spacial score (nSPS) is 9.38. The summed E-state index contributed by atoms with van der Waals surface area (Å²) < 4.78 is 0. The topological polar surface area (TPSA) is 53.8 Å². The predicted octanol–water partition coefficient (Wildman–Crippen LogP) is 1.99. The number of nitrogens with zero attached hydrogens (tertiary/aromatic N) is 2. The summed E-state index contributed by atoms with van der Waals surface area (Å²) in [7, 11) is 0. The van der Waals surface area contributed by atoms with Crippen LogP contribution < -0.4 is 0 Å². The minimum absolute atomic E-state index is 0.110. The quantitative estimate of drug-likeness (QED) is 0.572. The van der Waals surface area contributed by atoms with E-state index in [-0.39, 0.29) is 10.7 Å². The SMILES string of the molecule is Cc1nc(Cl)c(C#N)cc1C(=O)S. The molecule has 0 atom stereocenters. The second-order valence-electron chi connectivity index (χ2n) is 2.38. The standard InChI is InChI=1S/C8H5ClN2OS/c1-4-6(8(12)13)2-5(3-10)7(9)11-4/h2H,1H3,(H,12,13). The lowest BCUT2D eigenvalue weighted by Gasteiger charge is -2.01. The lowest BCUT2D eigenvalue weighted by atomic mass is 10.2. The van der Waals surface area contributed by atoms with Crippen molar-refractivity contribution in [1.82, 2.24) is 4.98 Å². The van der Waals surface area contributed by atoms with E-state index in [1.54, 1.807) is 6.92 Å². The third kappa shape index (κ3) is 2.00. The van der Waals surface area contributed by atoms with Gasteiger partial charge < -0.3 is 0 Å². The van der Waals surface area contributed by atoms with Gasteiger partial charge in [-0.3, -0.25) is 4.79 Å². The summed E-state index contributed by atoms with van der Waals surface area (Å²) in [6.45, 7) is 1.64. The van der Waals surface area contributed by atoms with Crippen molar-refractivity contribution in [3.05, 3.63) is 28.0 Å². The smallest absolute Gasteiger partial charge is 0.218 e. The molecule has 1 rings (SSSR count). The Kier molecular flexibility index (Phi) is 2.91. The van der Waals surface area contributed by atoms with Gasteiger partial charge in [0.25, 0.3) is 0 Å². The third-order valence-electron chi connectivity index (χ3n) is 1.52. The van der Waals surface area contributed by atoms with Crippen molar-refractivity contribution in [1.29, 1.82) is 5.26 Å². The molecule has 1 aromatic rings. The highest BCUT2D eigenvalue weighted by atomic mass is 35.5. The second-order valence-corrected chi connectivity index (χ2v) is 3.14. The first-order valence-electron chi connectivity index (χ1n) is 3.36. The molecule has 1 aromatic heterocycles. The van der Waals surface area contributed by atoms with Crippen LogP contribution in [0.3, 0.4) is 0 Å². The molecular weight excluding hydrogens is 208 g/mol. The lowest BCUT2D eigenvalue weighted by molar-refractivity contribution is 0.109. The van der Waals surface area contributed by atoms with Gasteiger partial charge in [-0.15, -0.1) is 12.6 Å². The van der Waals surface area contributed by atoms with E-state index < -0.39 is 5.12 Å². The minimum Gasteiger partial charge on any atom is -0.282 e. The van der Waals surface area contributed by atoms with E-state index in [1.807, 2.05) is 6.07 Å². The predicted molar refractivity (Wildman–Crippen MR) is 52.0 cm³/mol. The Hall–Kier alpha value is -1.05. The van der Waals surface area contributed by atoms with Crippen molar-refractivity contribution >= 4 is 29.3 Å². The minimum atomic E-state index is -0.418. The monoisotopic (exact) mass is 212 g/mol. The fourth-order valence-electron chi connectivity index (χ4n) is 0.871. The van der Waals surface area contributed by atoms with Crippen LogP contribution in [-0.2, 0) is 0 Å². The first-order valence-corrected chi connectivity index (χ1v) is 4.19. The molecule has 13 heavy (non-hydrogen) atoms. The van der Waals surface area contributed by atoms with E-state index in [2.05, 4.69) is 17.6 Å². The number of aromatic nitrogens is 1. The molecule has 0 amide bonds. The summed E-state index contributed by atoms with van der Waals surface area (Å²) >= 11 is 9.28. The summed E-state index contributed by atoms with van der Waals surface area (Å²) in [5.41, 5.74) is 0.970. The molecule has 66 valence electrons. The number of rotatable bonds is 1. The summed E-state index contributed by atoms with van der Waals surface area (Å²) in [6, 6.07) is 3.23. The summed E-state index contributed by atoms with van der Waals surface area (Å²) in [5, 5.41) is 8.30. The number of hydrogen-bond acceptors (Lipinski definition) is 3. The van der Waals surface area contributed by atoms with Gasteiger partial charge >= 0.3 is 0 Å². The highest BCUT2D eigenvalue weighted by Gasteiger charge is 2.10. The van der Waals surface area contributed by atoms with E-state index >= 15 is 0 Å². The Labute approximate surface area is 85.8 Å². The summed E-state index contributed by atoms with van der Waals surface area (Å²) in [5.74, 6) is 0. The largest absolute Gasteiger partial charge is 0.282 e. The Morgan fingerprint density at radius 3 is 2.85 bits per heavy atom. The van der Waals surface area contributed by atoms with Gasteiger partial charge in [0.15, 0.2) is 0 Å². The average Bonchev–Trinajstić information content (AvgIpc) is 2.03. The van der Waals surface area contributed by atoms with Crippen LogP contribution in [0.4, 0.5) is 0 Å². The van der Waals surface area contributed by atoms with E-state index in [0.717, 1.165) is 0 Å². The molecule has 0 saturated carbocycles. The molecule has 0 radical (unpaired) electrons. The molecular formula is C8H5ClN2OS. The van der Waals surface area contributed by atoms with Crippen LogP contribution in [0.15, 0.2) is 6.07 Å². The van der Waals surface area contributed by atoms with Gasteiger partial charge in [-0.2, -0.15) is 5.26 Å². The van der Waals surface area contributed by atoms with Gasteiger partial charge in [0, 0.05) is 0 Å².